The minimum absolute atomic E-state index is 0.219. The molecular weight excluding hydrogens is 290 g/mol. The third-order valence-electron chi connectivity index (χ3n) is 3.21. The molecule has 1 aliphatic rings. The Labute approximate surface area is 139 Å². The first-order chi connectivity index (χ1) is 10.9. The molecule has 3 N–H and O–H groups in total. The van der Waals surface area contributed by atoms with Gasteiger partial charge in [0.1, 0.15) is 6.73 Å². The average molecular weight is 319 g/mol. The maximum absolute atomic E-state index is 7.99. The number of rotatable bonds is 3. The Morgan fingerprint density at radius 3 is 2.48 bits per heavy atom. The molecule has 5 heteroatoms. The van der Waals surface area contributed by atoms with E-state index in [1.165, 1.54) is 5.56 Å². The molecule has 0 radical (unpaired) electrons. The summed E-state index contributed by atoms with van der Waals surface area (Å²) in [5, 5.41) is 7.99. The number of nitrogens with two attached hydrogens (primary N) is 1. The Morgan fingerprint density at radius 1 is 1.30 bits per heavy atom. The van der Waals surface area contributed by atoms with E-state index in [2.05, 4.69) is 36.2 Å². The Balaban J connectivity index is 0.000000463. The van der Waals surface area contributed by atoms with Crippen LogP contribution in [0.15, 0.2) is 35.5 Å². The van der Waals surface area contributed by atoms with Crippen LogP contribution in [0.3, 0.4) is 0 Å². The van der Waals surface area contributed by atoms with Gasteiger partial charge in [-0.1, -0.05) is 29.8 Å². The van der Waals surface area contributed by atoms with E-state index in [9.17, 15) is 0 Å². The zero-order valence-electron chi connectivity index (χ0n) is 14.6. The van der Waals surface area contributed by atoms with E-state index in [0.717, 1.165) is 17.7 Å². The molecule has 1 heterocycles. The smallest absolute Gasteiger partial charge is 0.119 e. The molecule has 1 aliphatic heterocycles. The van der Waals surface area contributed by atoms with Crippen LogP contribution in [-0.4, -0.2) is 48.8 Å². The lowest BCUT2D eigenvalue weighted by atomic mass is 10.1. The largest absolute Gasteiger partial charge is 0.396 e. The molecule has 2 rings (SSSR count). The summed E-state index contributed by atoms with van der Waals surface area (Å²) in [6, 6.07) is 8.40. The molecule has 0 aliphatic carbocycles. The molecule has 0 fully saturated rings. The number of benzene rings is 1. The maximum atomic E-state index is 7.99. The highest BCUT2D eigenvalue weighted by atomic mass is 16.5. The monoisotopic (exact) mass is 319 g/mol. The van der Waals surface area contributed by atoms with Crippen LogP contribution in [0.25, 0.3) is 5.70 Å². The molecule has 1 aromatic carbocycles. The van der Waals surface area contributed by atoms with Crippen molar-refractivity contribution in [2.24, 2.45) is 10.7 Å². The third-order valence-corrected chi connectivity index (χ3v) is 3.21. The second kappa shape index (κ2) is 9.45. The first-order valence-electron chi connectivity index (χ1n) is 7.87. The van der Waals surface area contributed by atoms with Gasteiger partial charge in [-0.2, -0.15) is 0 Å². The molecule has 0 bridgehead atoms. The van der Waals surface area contributed by atoms with Gasteiger partial charge >= 0.3 is 0 Å². The molecule has 0 atom stereocenters. The number of hydrogen-bond acceptors (Lipinski definition) is 5. The van der Waals surface area contributed by atoms with Crippen LogP contribution in [0.1, 0.15) is 31.4 Å². The third kappa shape index (κ3) is 7.41. The zero-order chi connectivity index (χ0) is 17.3. The van der Waals surface area contributed by atoms with Gasteiger partial charge in [0.15, 0.2) is 0 Å². The van der Waals surface area contributed by atoms with Crippen LogP contribution in [0.2, 0.25) is 0 Å². The summed E-state index contributed by atoms with van der Waals surface area (Å²) in [6.45, 7) is 7.49. The van der Waals surface area contributed by atoms with Crippen molar-refractivity contribution in [1.82, 2.24) is 4.90 Å². The van der Waals surface area contributed by atoms with Crippen LogP contribution in [0, 0.1) is 6.92 Å². The predicted molar refractivity (Wildman–Crippen MR) is 96.2 cm³/mol. The summed E-state index contributed by atoms with van der Waals surface area (Å²) in [5.41, 5.74) is 7.99. The summed E-state index contributed by atoms with van der Waals surface area (Å²) in [6.07, 6.45) is 4.60. The van der Waals surface area contributed by atoms with Crippen LogP contribution in [0.4, 0.5) is 0 Å². The first kappa shape index (κ1) is 19.4. The van der Waals surface area contributed by atoms with Crippen LogP contribution >= 0.6 is 0 Å². The van der Waals surface area contributed by atoms with Crippen molar-refractivity contribution in [3.63, 3.8) is 0 Å². The number of hydrogen-bond donors (Lipinski definition) is 2. The molecule has 23 heavy (non-hydrogen) atoms. The second-order valence-corrected chi connectivity index (χ2v) is 6.14. The van der Waals surface area contributed by atoms with Gasteiger partial charge in [0.05, 0.1) is 11.3 Å². The van der Waals surface area contributed by atoms with Gasteiger partial charge < -0.3 is 20.5 Å². The topological polar surface area (TPSA) is 71.1 Å². The second-order valence-electron chi connectivity index (χ2n) is 6.14. The van der Waals surface area contributed by atoms with Gasteiger partial charge in [-0.15, -0.1) is 0 Å². The number of nitrogens with zero attached hydrogens (tertiary/aromatic N) is 2. The van der Waals surface area contributed by atoms with E-state index < -0.39 is 0 Å². The summed E-state index contributed by atoms with van der Waals surface area (Å²) >= 11 is 0. The highest BCUT2D eigenvalue weighted by Crippen LogP contribution is 2.20. The lowest BCUT2D eigenvalue weighted by Crippen LogP contribution is -2.32. The highest BCUT2D eigenvalue weighted by molar-refractivity contribution is 5.78. The molecule has 0 saturated carbocycles. The average Bonchev–Trinajstić information content (AvgIpc) is 2.51. The zero-order valence-corrected chi connectivity index (χ0v) is 14.6. The quantitative estimate of drug-likeness (QED) is 0.897. The number of aliphatic hydroxyl groups excluding tert-OH is 1. The normalized spacial score (nSPS) is 19.0. The van der Waals surface area contributed by atoms with Crippen LogP contribution < -0.4 is 5.73 Å². The molecule has 0 amide bonds. The fourth-order valence-electron chi connectivity index (χ4n) is 1.77. The lowest BCUT2D eigenvalue weighted by molar-refractivity contribution is -0.0103. The fourth-order valence-corrected chi connectivity index (χ4v) is 1.77. The standard InChI is InChI=1S/C15H20N2O.C3H9NO/c1-12-5-7-13(8-6-12)14-9-17(4)11-18-15(2,3)10-16-14;4-2-1-3-5/h5-10H,11H2,1-4H3;5H,1-4H2/b14-9-,16-10?;. The lowest BCUT2D eigenvalue weighted by Gasteiger charge is -2.27. The minimum atomic E-state index is -0.335. The molecule has 5 nitrogen and oxygen atoms in total. The van der Waals surface area contributed by atoms with Gasteiger partial charge in [-0.3, -0.25) is 4.99 Å². The summed E-state index contributed by atoms with van der Waals surface area (Å²) < 4.78 is 5.72. The van der Waals surface area contributed by atoms with Gasteiger partial charge in [0.2, 0.25) is 0 Å². The van der Waals surface area contributed by atoms with Gasteiger partial charge in [0, 0.05) is 31.6 Å². The molecule has 0 saturated heterocycles. The molecule has 0 spiro atoms. The van der Waals surface area contributed by atoms with Crippen molar-refractivity contribution in [3.8, 4) is 0 Å². The summed E-state index contributed by atoms with van der Waals surface area (Å²) in [5.74, 6) is 0. The summed E-state index contributed by atoms with van der Waals surface area (Å²) in [4.78, 5) is 6.56. The van der Waals surface area contributed by atoms with Crippen molar-refractivity contribution in [3.05, 3.63) is 41.6 Å². The van der Waals surface area contributed by atoms with E-state index >= 15 is 0 Å². The Kier molecular flexibility index (Phi) is 7.95. The molecule has 1 aromatic rings. The number of aliphatic imine (C=N–C) groups is 1. The SMILES string of the molecule is Cc1ccc(/C2=C/N(C)COC(C)(C)C=N2)cc1.NCCCO. The Hall–Kier alpha value is -1.69. The van der Waals surface area contributed by atoms with Gasteiger partial charge in [-0.25, -0.2) is 0 Å². The van der Waals surface area contributed by atoms with E-state index in [-0.39, 0.29) is 12.2 Å². The Morgan fingerprint density at radius 2 is 1.96 bits per heavy atom. The molecule has 0 aromatic heterocycles. The van der Waals surface area contributed by atoms with Crippen molar-refractivity contribution in [1.29, 1.82) is 0 Å². The van der Waals surface area contributed by atoms with Gasteiger partial charge in [0.25, 0.3) is 0 Å². The van der Waals surface area contributed by atoms with E-state index in [1.807, 2.05) is 38.2 Å². The predicted octanol–water partition coefficient (Wildman–Crippen LogP) is 2.39. The number of ether oxygens (including phenoxy) is 1. The minimum Gasteiger partial charge on any atom is -0.396 e. The Bertz CT molecular complexity index is 520. The molecular formula is C18H29N3O2. The maximum Gasteiger partial charge on any atom is 0.119 e. The molecule has 128 valence electrons. The van der Waals surface area contributed by atoms with Crippen LogP contribution in [-0.2, 0) is 4.74 Å². The van der Waals surface area contributed by atoms with Crippen LogP contribution in [0.5, 0.6) is 0 Å². The highest BCUT2D eigenvalue weighted by Gasteiger charge is 2.18. The number of aryl methyl sites for hydroxylation is 1. The summed E-state index contributed by atoms with van der Waals surface area (Å²) in [7, 11) is 1.99. The molecule has 0 unspecified atom stereocenters. The van der Waals surface area contributed by atoms with E-state index in [4.69, 9.17) is 15.6 Å². The van der Waals surface area contributed by atoms with Crippen molar-refractivity contribution in [2.45, 2.75) is 32.8 Å². The van der Waals surface area contributed by atoms with Gasteiger partial charge in [-0.05, 0) is 33.7 Å². The van der Waals surface area contributed by atoms with E-state index in [1.54, 1.807) is 0 Å². The van der Waals surface area contributed by atoms with Crippen molar-refractivity contribution >= 4 is 11.9 Å². The fraction of sp³-hybridized carbons (Fsp3) is 0.500. The van der Waals surface area contributed by atoms with Crippen molar-refractivity contribution < 1.29 is 9.84 Å². The number of aliphatic hydroxyl groups is 1. The van der Waals surface area contributed by atoms with E-state index in [0.29, 0.717) is 13.3 Å². The first-order valence-corrected chi connectivity index (χ1v) is 7.87. The van der Waals surface area contributed by atoms with Crippen molar-refractivity contribution in [2.75, 3.05) is 26.9 Å².